The zero-order chi connectivity index (χ0) is 20.6. The first-order valence-electron chi connectivity index (χ1n) is 9.39. The highest BCUT2D eigenvalue weighted by atomic mass is 35.5. The maximum absolute atomic E-state index is 14.3. The summed E-state index contributed by atoms with van der Waals surface area (Å²) >= 11 is 12.5. The van der Waals surface area contributed by atoms with Gasteiger partial charge in [0.1, 0.15) is 0 Å². The molecule has 1 unspecified atom stereocenters. The molecule has 1 fully saturated rings. The van der Waals surface area contributed by atoms with Crippen LogP contribution in [0.1, 0.15) is 63.1 Å². The lowest BCUT2D eigenvalue weighted by Crippen LogP contribution is -2.21. The Morgan fingerprint density at radius 2 is 1.36 bits per heavy atom. The Kier molecular flexibility index (Phi) is 6.20. The van der Waals surface area contributed by atoms with Gasteiger partial charge in [-0.05, 0) is 56.9 Å². The number of carbonyl (C=O) groups is 2. The van der Waals surface area contributed by atoms with Gasteiger partial charge in [-0.25, -0.2) is 0 Å². The van der Waals surface area contributed by atoms with Crippen LogP contribution in [0.5, 0.6) is 0 Å². The summed E-state index contributed by atoms with van der Waals surface area (Å²) in [5, 5.41) is 0.252. The van der Waals surface area contributed by atoms with E-state index >= 15 is 0 Å². The molecule has 3 rings (SSSR count). The Balaban J connectivity index is 2.21. The van der Waals surface area contributed by atoms with Crippen molar-refractivity contribution in [2.24, 2.45) is 0 Å². The van der Waals surface area contributed by atoms with E-state index in [1.807, 2.05) is 32.9 Å². The van der Waals surface area contributed by atoms with Gasteiger partial charge in [0.2, 0.25) is 18.2 Å². The van der Waals surface area contributed by atoms with Crippen LogP contribution in [0.25, 0.3) is 0 Å². The van der Waals surface area contributed by atoms with Gasteiger partial charge in [-0.1, -0.05) is 59.8 Å². The molecule has 28 heavy (non-hydrogen) atoms. The van der Waals surface area contributed by atoms with Crippen molar-refractivity contribution in [1.82, 2.24) is 0 Å². The molecule has 0 heterocycles. The molecule has 0 N–H and O–H groups in total. The number of hydrogen-bond acceptors (Lipinski definition) is 3. The minimum Gasteiger partial charge on any atom is -0.306 e. The Bertz CT molecular complexity index is 964. The number of benzene rings is 2. The normalized spacial score (nSPS) is 16.8. The lowest BCUT2D eigenvalue weighted by Gasteiger charge is -2.24. The van der Waals surface area contributed by atoms with E-state index in [4.69, 9.17) is 23.2 Å². The molecule has 1 saturated carbocycles. The number of carbonyl (C=O) groups excluding carboxylic acids is 2. The van der Waals surface area contributed by atoms with Gasteiger partial charge in [-0.3, -0.25) is 9.59 Å². The van der Waals surface area contributed by atoms with Gasteiger partial charge in [0.25, 0.3) is 0 Å². The van der Waals surface area contributed by atoms with Crippen LogP contribution in [-0.2, 0) is 4.57 Å². The SMILES string of the molecule is Cc1cc(C)c(C(=O)P(=O)(C(=O)c2c(Cl)cccc2Cl)C2CCCC2)c(C)c1. The summed E-state index contributed by atoms with van der Waals surface area (Å²) in [6, 6.07) is 8.45. The minimum absolute atomic E-state index is 0.00293. The smallest absolute Gasteiger partial charge is 0.232 e. The van der Waals surface area contributed by atoms with Gasteiger partial charge in [0, 0.05) is 11.2 Å². The van der Waals surface area contributed by atoms with Crippen LogP contribution in [0.4, 0.5) is 0 Å². The highest BCUT2D eigenvalue weighted by Gasteiger charge is 2.49. The minimum atomic E-state index is -3.96. The lowest BCUT2D eigenvalue weighted by atomic mass is 10.0. The van der Waals surface area contributed by atoms with Crippen molar-refractivity contribution in [3.8, 4) is 0 Å². The Morgan fingerprint density at radius 1 is 0.893 bits per heavy atom. The molecule has 2 aromatic rings. The summed E-state index contributed by atoms with van der Waals surface area (Å²) in [6.07, 6.45) is 2.91. The van der Waals surface area contributed by atoms with Gasteiger partial charge < -0.3 is 4.57 Å². The maximum Gasteiger partial charge on any atom is 0.232 e. The number of halogens is 2. The van der Waals surface area contributed by atoms with Crippen LogP contribution < -0.4 is 0 Å². The van der Waals surface area contributed by atoms with Gasteiger partial charge in [0.15, 0.2) is 0 Å². The second-order valence-corrected chi connectivity index (χ2v) is 11.2. The molecular formula is C22H23Cl2O3P. The molecule has 1 atom stereocenters. The number of rotatable bonds is 5. The Morgan fingerprint density at radius 3 is 1.86 bits per heavy atom. The molecule has 0 aliphatic heterocycles. The molecule has 0 saturated heterocycles. The zero-order valence-corrected chi connectivity index (χ0v) is 18.6. The Hall–Kier alpha value is -1.41. The molecule has 148 valence electrons. The molecule has 0 aromatic heterocycles. The Labute approximate surface area is 175 Å². The van der Waals surface area contributed by atoms with Crippen molar-refractivity contribution in [2.75, 3.05) is 0 Å². The van der Waals surface area contributed by atoms with Crippen molar-refractivity contribution < 1.29 is 14.2 Å². The topological polar surface area (TPSA) is 51.2 Å². The average molecular weight is 437 g/mol. The molecule has 0 bridgehead atoms. The molecule has 3 nitrogen and oxygen atoms in total. The van der Waals surface area contributed by atoms with E-state index in [1.165, 1.54) is 12.1 Å². The molecule has 6 heteroatoms. The van der Waals surface area contributed by atoms with E-state index in [0.29, 0.717) is 18.4 Å². The van der Waals surface area contributed by atoms with Crippen molar-refractivity contribution in [2.45, 2.75) is 52.1 Å². The summed E-state index contributed by atoms with van der Waals surface area (Å²) < 4.78 is 14.3. The van der Waals surface area contributed by atoms with Crippen molar-refractivity contribution in [1.29, 1.82) is 0 Å². The van der Waals surface area contributed by atoms with Crippen LogP contribution in [0.3, 0.4) is 0 Å². The first-order chi connectivity index (χ1) is 13.2. The molecule has 1 aliphatic rings. The molecule has 0 amide bonds. The lowest BCUT2D eigenvalue weighted by molar-refractivity contribution is 0.103. The molecule has 1 aliphatic carbocycles. The highest BCUT2D eigenvalue weighted by molar-refractivity contribution is 7.96. The fourth-order valence-corrected chi connectivity index (χ4v) is 8.14. The molecule has 0 spiro atoms. The summed E-state index contributed by atoms with van der Waals surface area (Å²) in [5.41, 5.74) is 1.14. The first-order valence-corrected chi connectivity index (χ1v) is 11.9. The van der Waals surface area contributed by atoms with Crippen molar-refractivity contribution >= 4 is 41.4 Å². The predicted molar refractivity (Wildman–Crippen MR) is 116 cm³/mol. The standard InChI is InChI=1S/C22H23Cl2O3P/c1-13-11-14(2)19(15(3)12-13)21(25)28(27,16-7-4-5-8-16)22(26)20-17(23)9-6-10-18(20)24/h6,9-12,16H,4-5,7-8H2,1-3H3. The van der Waals surface area contributed by atoms with E-state index in [2.05, 4.69) is 0 Å². The van der Waals surface area contributed by atoms with Gasteiger partial charge >= 0.3 is 0 Å². The number of hydrogen-bond donors (Lipinski definition) is 0. The van der Waals surface area contributed by atoms with Gasteiger partial charge in [-0.15, -0.1) is 0 Å². The summed E-state index contributed by atoms with van der Waals surface area (Å²) in [7, 11) is -3.96. The van der Waals surface area contributed by atoms with Crippen LogP contribution >= 0.6 is 30.3 Å². The second-order valence-electron chi connectivity index (χ2n) is 7.58. The third-order valence-electron chi connectivity index (χ3n) is 5.51. The fourth-order valence-electron chi connectivity index (χ4n) is 4.24. The van der Waals surface area contributed by atoms with Crippen molar-refractivity contribution in [3.05, 3.63) is 68.2 Å². The third-order valence-corrected chi connectivity index (χ3v) is 9.34. The summed E-state index contributed by atoms with van der Waals surface area (Å²) in [5.74, 6) is 0. The maximum atomic E-state index is 14.3. The molecule has 0 radical (unpaired) electrons. The van der Waals surface area contributed by atoms with Crippen molar-refractivity contribution in [3.63, 3.8) is 0 Å². The summed E-state index contributed by atoms with van der Waals surface area (Å²) in [4.78, 5) is 27.2. The molecule has 2 aromatic carbocycles. The van der Waals surface area contributed by atoms with E-state index < -0.39 is 23.8 Å². The van der Waals surface area contributed by atoms with Gasteiger partial charge in [-0.2, -0.15) is 0 Å². The van der Waals surface area contributed by atoms with E-state index in [1.54, 1.807) is 6.07 Å². The first kappa shape index (κ1) is 21.3. The zero-order valence-electron chi connectivity index (χ0n) is 16.2. The number of aryl methyl sites for hydroxylation is 3. The second kappa shape index (κ2) is 8.14. The van der Waals surface area contributed by atoms with Gasteiger partial charge in [0.05, 0.1) is 15.6 Å². The molecular weight excluding hydrogens is 414 g/mol. The van der Waals surface area contributed by atoms with E-state index in [9.17, 15) is 14.2 Å². The van der Waals surface area contributed by atoms with Crippen LogP contribution in [0.2, 0.25) is 10.0 Å². The monoisotopic (exact) mass is 436 g/mol. The van der Waals surface area contributed by atoms with Crippen LogP contribution in [0, 0.1) is 20.8 Å². The van der Waals surface area contributed by atoms with E-state index in [0.717, 1.165) is 29.5 Å². The summed E-state index contributed by atoms with van der Waals surface area (Å²) in [6.45, 7) is 5.58. The predicted octanol–water partition coefficient (Wildman–Crippen LogP) is 7.20. The fraction of sp³-hybridized carbons (Fsp3) is 0.364. The highest BCUT2D eigenvalue weighted by Crippen LogP contribution is 2.62. The van der Waals surface area contributed by atoms with Crippen LogP contribution in [0.15, 0.2) is 30.3 Å². The quantitative estimate of drug-likeness (QED) is 0.465. The van der Waals surface area contributed by atoms with Crippen LogP contribution in [-0.4, -0.2) is 16.7 Å². The van der Waals surface area contributed by atoms with E-state index in [-0.39, 0.29) is 15.6 Å². The third kappa shape index (κ3) is 3.61. The largest absolute Gasteiger partial charge is 0.306 e. The average Bonchev–Trinajstić information content (AvgIpc) is 3.14.